The predicted octanol–water partition coefficient (Wildman–Crippen LogP) is 4.29. The summed E-state index contributed by atoms with van der Waals surface area (Å²) in [5.41, 5.74) is 2.62. The summed E-state index contributed by atoms with van der Waals surface area (Å²) in [7, 11) is 0. The van der Waals surface area contributed by atoms with Crippen LogP contribution in [0.2, 0.25) is 0 Å². The fraction of sp³-hybridized carbons (Fsp3) is 0.636. The number of ketones is 1. The second kappa shape index (κ2) is 4.75. The molecule has 2 saturated carbocycles. The zero-order valence-electron chi connectivity index (χ0n) is 15.1. The third-order valence-corrected chi connectivity index (χ3v) is 8.29. The van der Waals surface area contributed by atoms with Crippen molar-refractivity contribution in [3.05, 3.63) is 35.5 Å². The molecule has 2 unspecified atom stereocenters. The monoisotopic (exact) mass is 338 g/mol. The largest absolute Gasteiger partial charge is 0.451 e. The van der Waals surface area contributed by atoms with E-state index in [1.165, 1.54) is 5.57 Å². The first kappa shape index (κ1) is 15.6. The topological polar surface area (TPSA) is 43.4 Å². The molecule has 0 N–H and O–H groups in total. The first-order chi connectivity index (χ1) is 11.9. The van der Waals surface area contributed by atoms with Crippen molar-refractivity contribution in [2.75, 3.05) is 0 Å². The molecule has 0 aromatic heterocycles. The van der Waals surface area contributed by atoms with Crippen LogP contribution in [0, 0.1) is 22.7 Å². The smallest absolute Gasteiger partial charge is 0.331 e. The fourth-order valence-corrected chi connectivity index (χ4v) is 6.78. The Bertz CT molecular complexity index is 772. The van der Waals surface area contributed by atoms with Crippen LogP contribution in [-0.4, -0.2) is 17.4 Å². The summed E-state index contributed by atoms with van der Waals surface area (Å²) in [6.45, 7) is 4.69. The van der Waals surface area contributed by atoms with Gasteiger partial charge in [0.15, 0.2) is 5.78 Å². The zero-order chi connectivity index (χ0) is 17.4. The van der Waals surface area contributed by atoms with E-state index >= 15 is 0 Å². The Morgan fingerprint density at radius 2 is 1.96 bits per heavy atom. The van der Waals surface area contributed by atoms with Gasteiger partial charge in [0.2, 0.25) is 0 Å². The average Bonchev–Trinajstić information content (AvgIpc) is 3.10. The highest BCUT2D eigenvalue weighted by molar-refractivity contribution is 5.92. The maximum absolute atomic E-state index is 11.9. The van der Waals surface area contributed by atoms with Crippen molar-refractivity contribution in [2.24, 2.45) is 22.7 Å². The number of hydrogen-bond acceptors (Lipinski definition) is 3. The van der Waals surface area contributed by atoms with Crippen LogP contribution in [0.15, 0.2) is 35.5 Å². The van der Waals surface area contributed by atoms with Crippen molar-refractivity contribution in [1.82, 2.24) is 0 Å². The summed E-state index contributed by atoms with van der Waals surface area (Å²) in [4.78, 5) is 23.7. The highest BCUT2D eigenvalue weighted by atomic mass is 16.6. The number of esters is 1. The maximum atomic E-state index is 11.9. The summed E-state index contributed by atoms with van der Waals surface area (Å²) >= 11 is 0. The van der Waals surface area contributed by atoms with Crippen LogP contribution in [0.4, 0.5) is 0 Å². The van der Waals surface area contributed by atoms with Gasteiger partial charge < -0.3 is 4.74 Å². The zero-order valence-corrected chi connectivity index (χ0v) is 15.1. The van der Waals surface area contributed by atoms with E-state index in [1.54, 1.807) is 11.6 Å². The molecule has 1 heterocycles. The Labute approximate surface area is 149 Å². The van der Waals surface area contributed by atoms with Crippen LogP contribution in [0.3, 0.4) is 0 Å². The Morgan fingerprint density at radius 1 is 1.12 bits per heavy atom. The third kappa shape index (κ3) is 1.82. The molecule has 0 aromatic rings. The number of carbonyl (C=O) groups is 2. The van der Waals surface area contributed by atoms with E-state index in [1.807, 2.05) is 12.2 Å². The number of hydrogen-bond donors (Lipinski definition) is 0. The van der Waals surface area contributed by atoms with Crippen LogP contribution in [0.1, 0.15) is 58.8 Å². The van der Waals surface area contributed by atoms with Crippen molar-refractivity contribution in [1.29, 1.82) is 0 Å². The Balaban J connectivity index is 1.57. The van der Waals surface area contributed by atoms with E-state index in [4.69, 9.17) is 4.74 Å². The van der Waals surface area contributed by atoms with Gasteiger partial charge in [-0.1, -0.05) is 31.1 Å². The van der Waals surface area contributed by atoms with E-state index in [-0.39, 0.29) is 16.8 Å². The molecule has 0 aromatic carbocycles. The first-order valence-corrected chi connectivity index (χ1v) is 9.75. The number of ether oxygens (including phenoxy) is 1. The van der Waals surface area contributed by atoms with Gasteiger partial charge in [-0.2, -0.15) is 0 Å². The van der Waals surface area contributed by atoms with E-state index in [9.17, 15) is 9.59 Å². The number of carbonyl (C=O) groups excluding carboxylic acids is 2. The lowest BCUT2D eigenvalue weighted by atomic mass is 9.51. The summed E-state index contributed by atoms with van der Waals surface area (Å²) in [6, 6.07) is 0. The molecule has 0 bridgehead atoms. The van der Waals surface area contributed by atoms with Gasteiger partial charge >= 0.3 is 5.97 Å². The predicted molar refractivity (Wildman–Crippen MR) is 94.6 cm³/mol. The second-order valence-electron chi connectivity index (χ2n) is 9.18. The quantitative estimate of drug-likeness (QED) is 0.489. The van der Waals surface area contributed by atoms with Crippen LogP contribution in [-0.2, 0) is 14.3 Å². The van der Waals surface area contributed by atoms with Crippen LogP contribution < -0.4 is 0 Å². The Hall–Kier alpha value is -1.64. The normalized spacial score (nSPS) is 47.8. The van der Waals surface area contributed by atoms with E-state index in [2.05, 4.69) is 19.9 Å². The molecule has 3 heteroatoms. The molecule has 0 radical (unpaired) electrons. The molecule has 4 aliphatic carbocycles. The lowest BCUT2D eigenvalue weighted by molar-refractivity contribution is -0.156. The highest BCUT2D eigenvalue weighted by Gasteiger charge is 2.64. The van der Waals surface area contributed by atoms with Crippen molar-refractivity contribution < 1.29 is 14.3 Å². The summed E-state index contributed by atoms with van der Waals surface area (Å²) < 4.78 is 5.87. The highest BCUT2D eigenvalue weighted by Crippen LogP contribution is 2.67. The third-order valence-electron chi connectivity index (χ3n) is 8.29. The average molecular weight is 338 g/mol. The SMILES string of the molecule is C[C@]12CCC(=O)C=C1CCC1C2=CC[C@@]2(C)C1CC[C@@]21C=CC(=O)O1. The van der Waals surface area contributed by atoms with Gasteiger partial charge in [0, 0.05) is 23.3 Å². The van der Waals surface area contributed by atoms with E-state index in [0.717, 1.165) is 38.5 Å². The number of rotatable bonds is 0. The van der Waals surface area contributed by atoms with Crippen molar-refractivity contribution in [3.63, 3.8) is 0 Å². The van der Waals surface area contributed by atoms with Gasteiger partial charge in [0.25, 0.3) is 0 Å². The molecular formula is C22H26O3. The minimum absolute atomic E-state index is 0.00584. The minimum atomic E-state index is -0.393. The fourth-order valence-electron chi connectivity index (χ4n) is 6.78. The minimum Gasteiger partial charge on any atom is -0.451 e. The standard InChI is InChI=1S/C22H26O3/c1-20-9-5-15(23)13-14(20)3-4-16-17(20)6-10-21(2)18(16)7-11-22(21)12-8-19(24)25-22/h6,8,12-13,16,18H,3-5,7,9-11H2,1-2H3/t16?,18?,20-,21-,22+/m0/s1. The molecule has 132 valence electrons. The van der Waals surface area contributed by atoms with Crippen molar-refractivity contribution in [3.8, 4) is 0 Å². The first-order valence-electron chi connectivity index (χ1n) is 9.75. The van der Waals surface area contributed by atoms with E-state index in [0.29, 0.717) is 24.0 Å². The van der Waals surface area contributed by atoms with Gasteiger partial charge in [0.1, 0.15) is 5.60 Å². The van der Waals surface area contributed by atoms with Gasteiger partial charge in [0.05, 0.1) is 0 Å². The van der Waals surface area contributed by atoms with E-state index < -0.39 is 5.60 Å². The summed E-state index contributed by atoms with van der Waals surface area (Å²) in [5.74, 6) is 1.26. The summed E-state index contributed by atoms with van der Waals surface area (Å²) in [6.07, 6.45) is 14.9. The molecule has 0 saturated heterocycles. The molecule has 5 aliphatic rings. The molecule has 0 amide bonds. The second-order valence-corrected chi connectivity index (χ2v) is 9.18. The number of fused-ring (bicyclic) bond motifs is 6. The lowest BCUT2D eigenvalue weighted by Crippen LogP contribution is -2.50. The summed E-state index contributed by atoms with van der Waals surface area (Å²) in [5, 5.41) is 0. The molecule has 5 atom stereocenters. The molecule has 25 heavy (non-hydrogen) atoms. The Kier molecular flexibility index (Phi) is 2.96. The molecule has 1 spiro atoms. The van der Waals surface area contributed by atoms with Crippen LogP contribution in [0.5, 0.6) is 0 Å². The van der Waals surface area contributed by atoms with Crippen LogP contribution in [0.25, 0.3) is 0 Å². The maximum Gasteiger partial charge on any atom is 0.331 e. The van der Waals surface area contributed by atoms with Crippen LogP contribution >= 0.6 is 0 Å². The molecular weight excluding hydrogens is 312 g/mol. The van der Waals surface area contributed by atoms with Crippen molar-refractivity contribution >= 4 is 11.8 Å². The molecule has 2 fully saturated rings. The molecule has 3 nitrogen and oxygen atoms in total. The van der Waals surface area contributed by atoms with Gasteiger partial charge in [-0.3, -0.25) is 4.79 Å². The number of allylic oxidation sites excluding steroid dienone is 4. The molecule has 1 aliphatic heterocycles. The lowest BCUT2D eigenvalue weighted by Gasteiger charge is -2.54. The van der Waals surface area contributed by atoms with Gasteiger partial charge in [-0.15, -0.1) is 0 Å². The Morgan fingerprint density at radius 3 is 2.72 bits per heavy atom. The van der Waals surface area contributed by atoms with Crippen molar-refractivity contribution in [2.45, 2.75) is 64.4 Å². The molecule has 5 rings (SSSR count). The van der Waals surface area contributed by atoms with Gasteiger partial charge in [-0.05, 0) is 62.5 Å². The van der Waals surface area contributed by atoms with Gasteiger partial charge in [-0.25, -0.2) is 4.79 Å².